The standard InChI is InChI=1S/C27H25IN2O4/c1-18-23(26(31)33-15-7-11-20-9-4-3-5-10-20)25(21-12-6-13-22(28)17-21)24(19(2)30-18)27(32)34-16-8-14-29/h3-7,9-13,17,25,30H,8,15-16H2,1-2H3/b11-7+. The van der Waals surface area contributed by atoms with Gasteiger partial charge in [0.25, 0.3) is 0 Å². The van der Waals surface area contributed by atoms with Gasteiger partial charge in [0.2, 0.25) is 0 Å². The fourth-order valence-corrected chi connectivity index (χ4v) is 4.34. The van der Waals surface area contributed by atoms with Crippen LogP contribution in [-0.2, 0) is 19.1 Å². The normalized spacial score (nSPS) is 15.6. The summed E-state index contributed by atoms with van der Waals surface area (Å²) in [6.07, 6.45) is 3.75. The van der Waals surface area contributed by atoms with Crippen molar-refractivity contribution in [3.63, 3.8) is 0 Å². The number of allylic oxidation sites excluding steroid dienone is 2. The first-order valence-corrected chi connectivity index (χ1v) is 11.9. The van der Waals surface area contributed by atoms with E-state index in [-0.39, 0.29) is 19.6 Å². The van der Waals surface area contributed by atoms with Gasteiger partial charge in [-0.3, -0.25) is 0 Å². The molecule has 34 heavy (non-hydrogen) atoms. The van der Waals surface area contributed by atoms with E-state index >= 15 is 0 Å². The monoisotopic (exact) mass is 568 g/mol. The summed E-state index contributed by atoms with van der Waals surface area (Å²) in [5.74, 6) is -1.73. The molecule has 0 aromatic heterocycles. The van der Waals surface area contributed by atoms with Crippen LogP contribution in [0.1, 0.15) is 37.3 Å². The summed E-state index contributed by atoms with van der Waals surface area (Å²) in [5, 5.41) is 11.9. The molecular weight excluding hydrogens is 543 g/mol. The van der Waals surface area contributed by atoms with Crippen molar-refractivity contribution < 1.29 is 19.1 Å². The van der Waals surface area contributed by atoms with E-state index < -0.39 is 17.9 Å². The second-order valence-electron chi connectivity index (χ2n) is 7.65. The SMILES string of the molecule is CC1=C(C(=O)OC/C=C/c2ccccc2)C(c2cccc(I)c2)C(C(=O)OCCC#N)=C(C)N1. The van der Waals surface area contributed by atoms with Gasteiger partial charge in [-0.25, -0.2) is 9.59 Å². The number of esters is 2. The van der Waals surface area contributed by atoms with Crippen molar-refractivity contribution in [3.05, 3.63) is 97.9 Å². The van der Waals surface area contributed by atoms with Gasteiger partial charge in [0.05, 0.1) is 29.6 Å². The number of ether oxygens (including phenoxy) is 2. The maximum absolute atomic E-state index is 13.3. The van der Waals surface area contributed by atoms with Gasteiger partial charge in [-0.1, -0.05) is 48.5 Å². The molecule has 1 heterocycles. The first-order valence-electron chi connectivity index (χ1n) is 10.8. The van der Waals surface area contributed by atoms with Crippen LogP contribution in [0.25, 0.3) is 6.08 Å². The zero-order valence-electron chi connectivity index (χ0n) is 19.0. The lowest BCUT2D eigenvalue weighted by molar-refractivity contribution is -0.139. The third-order valence-corrected chi connectivity index (χ3v) is 5.92. The molecule has 0 saturated heterocycles. The molecular formula is C27H25IN2O4. The molecule has 0 bridgehead atoms. The minimum absolute atomic E-state index is 0.0160. The third-order valence-electron chi connectivity index (χ3n) is 5.25. The summed E-state index contributed by atoms with van der Waals surface area (Å²) >= 11 is 2.20. The fourth-order valence-electron chi connectivity index (χ4n) is 3.77. The number of carbonyl (C=O) groups is 2. The van der Waals surface area contributed by atoms with E-state index in [2.05, 4.69) is 27.9 Å². The summed E-state index contributed by atoms with van der Waals surface area (Å²) in [7, 11) is 0. The molecule has 3 rings (SSSR count). The quantitative estimate of drug-likeness (QED) is 0.266. The maximum Gasteiger partial charge on any atom is 0.337 e. The van der Waals surface area contributed by atoms with Crippen LogP contribution in [0.5, 0.6) is 0 Å². The van der Waals surface area contributed by atoms with Crippen molar-refractivity contribution in [3.8, 4) is 6.07 Å². The van der Waals surface area contributed by atoms with Crippen LogP contribution in [-0.4, -0.2) is 25.2 Å². The van der Waals surface area contributed by atoms with Gasteiger partial charge in [-0.15, -0.1) is 0 Å². The molecule has 6 nitrogen and oxygen atoms in total. The van der Waals surface area contributed by atoms with Crippen LogP contribution in [0.3, 0.4) is 0 Å². The summed E-state index contributed by atoms with van der Waals surface area (Å²) < 4.78 is 11.9. The third kappa shape index (κ3) is 6.35. The highest BCUT2D eigenvalue weighted by atomic mass is 127. The summed E-state index contributed by atoms with van der Waals surface area (Å²) in [6, 6.07) is 19.3. The van der Waals surface area contributed by atoms with E-state index in [1.807, 2.05) is 66.7 Å². The van der Waals surface area contributed by atoms with Crippen LogP contribution in [0.4, 0.5) is 0 Å². The number of carbonyl (C=O) groups excluding carboxylic acids is 2. The molecule has 0 radical (unpaired) electrons. The number of hydrogen-bond donors (Lipinski definition) is 1. The van der Waals surface area contributed by atoms with Crippen LogP contribution in [0.2, 0.25) is 0 Å². The van der Waals surface area contributed by atoms with E-state index in [4.69, 9.17) is 14.7 Å². The van der Waals surface area contributed by atoms with Crippen LogP contribution in [0.15, 0.2) is 83.2 Å². The van der Waals surface area contributed by atoms with Crippen molar-refractivity contribution >= 4 is 40.6 Å². The number of hydrogen-bond acceptors (Lipinski definition) is 6. The Morgan fingerprint density at radius 3 is 2.35 bits per heavy atom. The number of nitriles is 1. The van der Waals surface area contributed by atoms with Crippen LogP contribution >= 0.6 is 22.6 Å². The van der Waals surface area contributed by atoms with E-state index in [1.165, 1.54) is 0 Å². The van der Waals surface area contributed by atoms with Gasteiger partial charge >= 0.3 is 11.9 Å². The van der Waals surface area contributed by atoms with Gasteiger partial charge in [-0.05, 0) is 65.8 Å². The molecule has 1 unspecified atom stereocenters. The fraction of sp³-hybridized carbons (Fsp3) is 0.222. The molecule has 0 fully saturated rings. The Kier molecular flexibility index (Phi) is 9.05. The minimum Gasteiger partial charge on any atom is -0.461 e. The lowest BCUT2D eigenvalue weighted by atomic mass is 9.80. The average Bonchev–Trinajstić information content (AvgIpc) is 2.82. The Morgan fingerprint density at radius 2 is 1.71 bits per heavy atom. The highest BCUT2D eigenvalue weighted by molar-refractivity contribution is 14.1. The van der Waals surface area contributed by atoms with Crippen molar-refractivity contribution in [2.75, 3.05) is 13.2 Å². The number of halogens is 1. The lowest BCUT2D eigenvalue weighted by Crippen LogP contribution is -2.32. The number of nitrogens with zero attached hydrogens (tertiary/aromatic N) is 1. The van der Waals surface area contributed by atoms with Crippen molar-refractivity contribution in [2.24, 2.45) is 0 Å². The molecule has 0 saturated carbocycles. The summed E-state index contributed by atoms with van der Waals surface area (Å²) in [4.78, 5) is 26.3. The van der Waals surface area contributed by atoms with Crippen molar-refractivity contribution in [1.29, 1.82) is 5.26 Å². The predicted octanol–water partition coefficient (Wildman–Crippen LogP) is 5.24. The number of nitrogens with one attached hydrogen (secondary N) is 1. The van der Waals surface area contributed by atoms with Gasteiger partial charge < -0.3 is 14.8 Å². The highest BCUT2D eigenvalue weighted by Crippen LogP contribution is 2.39. The molecule has 0 spiro atoms. The molecule has 1 N–H and O–H groups in total. The smallest absolute Gasteiger partial charge is 0.337 e. The number of dihydropyridines is 1. The first kappa shape index (κ1) is 25.2. The summed E-state index contributed by atoms with van der Waals surface area (Å²) in [5.41, 5.74) is 3.69. The Bertz CT molecular complexity index is 1190. The van der Waals surface area contributed by atoms with E-state index in [0.717, 1.165) is 14.7 Å². The van der Waals surface area contributed by atoms with E-state index in [0.29, 0.717) is 22.5 Å². The largest absolute Gasteiger partial charge is 0.461 e. The van der Waals surface area contributed by atoms with Gasteiger partial charge in [0.1, 0.15) is 13.2 Å². The number of benzene rings is 2. The topological polar surface area (TPSA) is 88.4 Å². The zero-order chi connectivity index (χ0) is 24.5. The highest BCUT2D eigenvalue weighted by Gasteiger charge is 2.38. The average molecular weight is 568 g/mol. The molecule has 2 aromatic carbocycles. The van der Waals surface area contributed by atoms with E-state index in [1.54, 1.807) is 19.9 Å². The molecule has 1 aliphatic rings. The zero-order valence-corrected chi connectivity index (χ0v) is 21.2. The van der Waals surface area contributed by atoms with Crippen LogP contribution in [0, 0.1) is 14.9 Å². The van der Waals surface area contributed by atoms with Gasteiger partial charge in [-0.2, -0.15) is 5.26 Å². The molecule has 174 valence electrons. The minimum atomic E-state index is -0.656. The first-order chi connectivity index (χ1) is 16.4. The van der Waals surface area contributed by atoms with Crippen LogP contribution < -0.4 is 5.32 Å². The second-order valence-corrected chi connectivity index (χ2v) is 8.89. The summed E-state index contributed by atoms with van der Waals surface area (Å²) in [6.45, 7) is 3.64. The molecule has 0 amide bonds. The van der Waals surface area contributed by atoms with Crippen molar-refractivity contribution in [1.82, 2.24) is 5.32 Å². The Hall–Kier alpha value is -3.38. The Labute approximate surface area is 213 Å². The lowest BCUT2D eigenvalue weighted by Gasteiger charge is -2.30. The molecule has 2 aromatic rings. The van der Waals surface area contributed by atoms with Crippen molar-refractivity contribution in [2.45, 2.75) is 26.2 Å². The van der Waals surface area contributed by atoms with Gasteiger partial charge in [0.15, 0.2) is 0 Å². The van der Waals surface area contributed by atoms with Gasteiger partial charge in [0, 0.05) is 15.0 Å². The predicted molar refractivity (Wildman–Crippen MR) is 138 cm³/mol. The molecule has 0 aliphatic carbocycles. The number of rotatable bonds is 8. The Morgan fingerprint density at radius 1 is 1.03 bits per heavy atom. The Balaban J connectivity index is 1.89. The second kappa shape index (κ2) is 12.2. The van der Waals surface area contributed by atoms with E-state index in [9.17, 15) is 9.59 Å². The maximum atomic E-state index is 13.3. The molecule has 1 aliphatic heterocycles. The molecule has 1 atom stereocenters. The molecule has 7 heteroatoms.